The average Bonchev–Trinajstić information content (AvgIpc) is 2.36. The van der Waals surface area contributed by atoms with E-state index in [0.717, 1.165) is 6.08 Å². The lowest BCUT2D eigenvalue weighted by atomic mass is 10.3. The van der Waals surface area contributed by atoms with Gasteiger partial charge >= 0.3 is 5.97 Å². The highest BCUT2D eigenvalue weighted by Crippen LogP contribution is 2.17. The van der Waals surface area contributed by atoms with Gasteiger partial charge in [-0.25, -0.2) is 9.59 Å². The van der Waals surface area contributed by atoms with Crippen molar-refractivity contribution in [1.29, 1.82) is 0 Å². The Morgan fingerprint density at radius 1 is 1.33 bits per heavy atom. The number of esters is 1. The number of ether oxygens (including phenoxy) is 2. The van der Waals surface area contributed by atoms with Crippen LogP contribution in [0, 0.1) is 0 Å². The Bertz CT molecular complexity index is 571. The molecule has 0 unspecified atom stereocenters. The molecule has 0 bridgehead atoms. The van der Waals surface area contributed by atoms with E-state index < -0.39 is 16.0 Å². The van der Waals surface area contributed by atoms with Gasteiger partial charge < -0.3 is 9.47 Å². The highest BCUT2D eigenvalue weighted by Gasteiger charge is 2.12. The fourth-order valence-corrected chi connectivity index (χ4v) is 1.69. The van der Waals surface area contributed by atoms with E-state index in [2.05, 4.69) is 9.13 Å². The van der Waals surface area contributed by atoms with Crippen molar-refractivity contribution >= 4 is 22.1 Å². The molecule has 0 saturated heterocycles. The van der Waals surface area contributed by atoms with Crippen LogP contribution >= 0.6 is 0 Å². The summed E-state index contributed by atoms with van der Waals surface area (Å²) in [4.78, 5) is 20.5. The van der Waals surface area contributed by atoms with E-state index in [-0.39, 0.29) is 17.3 Å². The topological polar surface area (TPSA) is 99.1 Å². The summed E-state index contributed by atoms with van der Waals surface area (Å²) in [5, 5.41) is 0. The van der Waals surface area contributed by atoms with Gasteiger partial charge in [-0.3, -0.25) is 0 Å². The number of methoxy groups -OCH3 is 1. The molecule has 0 aliphatic carbocycles. The minimum atomic E-state index is -4.01. The van der Waals surface area contributed by atoms with Gasteiger partial charge in [-0.05, 0) is 24.3 Å². The lowest BCUT2D eigenvalue weighted by Gasteiger charge is -2.04. The summed E-state index contributed by atoms with van der Waals surface area (Å²) in [5.41, 5.74) is 0. The Labute approximate surface area is 103 Å². The minimum Gasteiger partial charge on any atom is -0.482 e. The van der Waals surface area contributed by atoms with E-state index in [0.29, 0.717) is 0 Å². The second kappa shape index (κ2) is 5.95. The third-order valence-electron chi connectivity index (χ3n) is 1.86. The van der Waals surface area contributed by atoms with Crippen LogP contribution in [0.1, 0.15) is 0 Å². The highest BCUT2D eigenvalue weighted by atomic mass is 32.2. The predicted octanol–water partition coefficient (Wildman–Crippen LogP) is 0.263. The zero-order chi connectivity index (χ0) is 13.6. The number of carbonyl (C=O) groups excluding carboxylic acids is 2. The fourth-order valence-electron chi connectivity index (χ4n) is 1.01. The van der Waals surface area contributed by atoms with Crippen molar-refractivity contribution in [2.24, 2.45) is 4.40 Å². The standard InChI is InChI=1S/C10H9NO6S/c1-16-10(13)6-17-8-2-4-9(5-3-8)18(14,15)11-7-12/h2-5H,6H2,1H3. The third-order valence-corrected chi connectivity index (χ3v) is 3.05. The molecule has 0 radical (unpaired) electrons. The highest BCUT2D eigenvalue weighted by molar-refractivity contribution is 7.90. The Morgan fingerprint density at radius 2 is 1.94 bits per heavy atom. The quantitative estimate of drug-likeness (QED) is 0.433. The van der Waals surface area contributed by atoms with Gasteiger partial charge in [0.2, 0.25) is 0 Å². The fraction of sp³-hybridized carbons (Fsp3) is 0.200. The Balaban J connectivity index is 2.81. The van der Waals surface area contributed by atoms with Crippen LogP contribution < -0.4 is 4.74 Å². The first-order chi connectivity index (χ1) is 8.49. The first-order valence-electron chi connectivity index (χ1n) is 4.63. The van der Waals surface area contributed by atoms with Crippen molar-refractivity contribution < 1.29 is 27.5 Å². The number of hydrogen-bond acceptors (Lipinski definition) is 6. The van der Waals surface area contributed by atoms with Crippen molar-refractivity contribution in [1.82, 2.24) is 0 Å². The maximum Gasteiger partial charge on any atom is 0.343 e. The van der Waals surface area contributed by atoms with E-state index >= 15 is 0 Å². The van der Waals surface area contributed by atoms with Gasteiger partial charge in [0.15, 0.2) is 6.61 Å². The van der Waals surface area contributed by atoms with Crippen LogP contribution in [0.2, 0.25) is 0 Å². The molecule has 8 heteroatoms. The maximum atomic E-state index is 11.3. The van der Waals surface area contributed by atoms with Crippen molar-refractivity contribution in [3.63, 3.8) is 0 Å². The van der Waals surface area contributed by atoms with Crippen molar-refractivity contribution in [2.75, 3.05) is 13.7 Å². The van der Waals surface area contributed by atoms with Gasteiger partial charge in [-0.1, -0.05) is 4.40 Å². The van der Waals surface area contributed by atoms with Crippen molar-refractivity contribution in [2.45, 2.75) is 4.90 Å². The molecule has 0 amide bonds. The van der Waals surface area contributed by atoms with Crippen LogP contribution in [0.25, 0.3) is 0 Å². The number of nitrogens with zero attached hydrogens (tertiary/aromatic N) is 1. The molecule has 0 atom stereocenters. The van der Waals surface area contributed by atoms with Crippen molar-refractivity contribution in [3.8, 4) is 5.75 Å². The van der Waals surface area contributed by atoms with E-state index in [1.807, 2.05) is 0 Å². The summed E-state index contributed by atoms with van der Waals surface area (Å²) < 4.78 is 34.7. The van der Waals surface area contributed by atoms with Crippen LogP contribution in [0.4, 0.5) is 0 Å². The first-order valence-corrected chi connectivity index (χ1v) is 6.07. The average molecular weight is 271 g/mol. The van der Waals surface area contributed by atoms with E-state index in [4.69, 9.17) is 4.74 Å². The van der Waals surface area contributed by atoms with E-state index in [1.165, 1.54) is 31.4 Å². The van der Waals surface area contributed by atoms with Crippen molar-refractivity contribution in [3.05, 3.63) is 24.3 Å². The number of isocyanates is 1. The third kappa shape index (κ3) is 3.69. The number of hydrogen-bond donors (Lipinski definition) is 0. The normalized spacial score (nSPS) is 10.3. The predicted molar refractivity (Wildman–Crippen MR) is 59.3 cm³/mol. The molecule has 18 heavy (non-hydrogen) atoms. The van der Waals surface area contributed by atoms with Gasteiger partial charge in [0.05, 0.1) is 12.0 Å². The summed E-state index contributed by atoms with van der Waals surface area (Å²) >= 11 is 0. The zero-order valence-corrected chi connectivity index (χ0v) is 10.1. The molecule has 0 heterocycles. The SMILES string of the molecule is COC(=O)COc1ccc(S(=O)(=O)N=C=O)cc1. The van der Waals surface area contributed by atoms with Crippen LogP contribution in [-0.4, -0.2) is 34.2 Å². The molecule has 0 aliphatic heterocycles. The smallest absolute Gasteiger partial charge is 0.343 e. The summed E-state index contributed by atoms with van der Waals surface area (Å²) in [6.07, 6.45) is 0.963. The Morgan fingerprint density at radius 3 is 2.44 bits per heavy atom. The molecule has 0 saturated carbocycles. The van der Waals surface area contributed by atoms with Crippen LogP contribution in [-0.2, 0) is 24.3 Å². The van der Waals surface area contributed by atoms with Gasteiger partial charge in [0.25, 0.3) is 16.1 Å². The molecule has 1 rings (SSSR count). The second-order valence-corrected chi connectivity index (χ2v) is 4.60. The Hall–Kier alpha value is -2.18. The first kappa shape index (κ1) is 13.9. The minimum absolute atomic E-state index is 0.170. The lowest BCUT2D eigenvalue weighted by Crippen LogP contribution is -2.12. The van der Waals surface area contributed by atoms with Gasteiger partial charge in [-0.15, -0.1) is 0 Å². The van der Waals surface area contributed by atoms with E-state index in [1.54, 1.807) is 0 Å². The van der Waals surface area contributed by atoms with Gasteiger partial charge in [0.1, 0.15) is 5.75 Å². The maximum absolute atomic E-state index is 11.3. The number of carbonyl (C=O) groups is 1. The molecule has 0 spiro atoms. The molecular weight excluding hydrogens is 262 g/mol. The summed E-state index contributed by atoms with van der Waals surface area (Å²) in [5.74, 6) is -0.272. The van der Waals surface area contributed by atoms with Gasteiger partial charge in [0, 0.05) is 0 Å². The number of sulfonamides is 1. The number of benzene rings is 1. The molecule has 1 aromatic carbocycles. The Kier molecular flexibility index (Phi) is 4.59. The second-order valence-electron chi connectivity index (χ2n) is 2.99. The molecular formula is C10H9NO6S. The molecule has 1 aromatic rings. The molecule has 7 nitrogen and oxygen atoms in total. The van der Waals surface area contributed by atoms with Gasteiger partial charge in [-0.2, -0.15) is 8.42 Å². The summed E-state index contributed by atoms with van der Waals surface area (Å²) in [6.45, 7) is -0.283. The lowest BCUT2D eigenvalue weighted by molar-refractivity contribution is -0.142. The number of rotatable bonds is 5. The van der Waals surface area contributed by atoms with Crippen LogP contribution in [0.5, 0.6) is 5.75 Å². The largest absolute Gasteiger partial charge is 0.482 e. The van der Waals surface area contributed by atoms with E-state index in [9.17, 15) is 18.0 Å². The molecule has 0 aromatic heterocycles. The molecule has 0 fully saturated rings. The monoisotopic (exact) mass is 271 g/mol. The van der Waals surface area contributed by atoms with Crippen LogP contribution in [0.15, 0.2) is 33.6 Å². The molecule has 0 N–H and O–H groups in total. The molecule has 0 aliphatic rings. The summed E-state index contributed by atoms with van der Waals surface area (Å²) in [7, 11) is -2.79. The zero-order valence-electron chi connectivity index (χ0n) is 9.32. The summed E-state index contributed by atoms with van der Waals surface area (Å²) in [6, 6.07) is 5.05. The van der Waals surface area contributed by atoms with Crippen LogP contribution in [0.3, 0.4) is 0 Å². The molecule has 96 valence electrons.